The van der Waals surface area contributed by atoms with Crippen molar-refractivity contribution in [2.24, 2.45) is 5.92 Å². The van der Waals surface area contributed by atoms with Crippen molar-refractivity contribution in [2.75, 3.05) is 0 Å². The van der Waals surface area contributed by atoms with E-state index in [-0.39, 0.29) is 12.1 Å². The minimum absolute atomic E-state index is 0.0119. The smallest absolute Gasteiger partial charge is 0.341 e. The highest BCUT2D eigenvalue weighted by Gasteiger charge is 2.18. The fourth-order valence-corrected chi connectivity index (χ4v) is 3.69. The second-order valence-electron chi connectivity index (χ2n) is 8.89. The van der Waals surface area contributed by atoms with E-state index in [0.29, 0.717) is 17.1 Å². The molecule has 0 saturated carbocycles. The molecule has 0 aliphatic rings. The number of unbranched alkanes of at least 4 members (excludes halogenated alkanes) is 8. The van der Waals surface area contributed by atoms with Crippen LogP contribution in [0.4, 0.5) is 0 Å². The maximum absolute atomic E-state index is 12.7. The second kappa shape index (κ2) is 15.4. The molecule has 1 unspecified atom stereocenters. The van der Waals surface area contributed by atoms with E-state index in [1.165, 1.54) is 57.8 Å². The van der Waals surface area contributed by atoms with Gasteiger partial charge in [0, 0.05) is 6.20 Å². The van der Waals surface area contributed by atoms with Crippen molar-refractivity contribution in [3.05, 3.63) is 23.3 Å². The summed E-state index contributed by atoms with van der Waals surface area (Å²) in [6, 6.07) is 0. The van der Waals surface area contributed by atoms with Crippen LogP contribution in [0.25, 0.3) is 0 Å². The van der Waals surface area contributed by atoms with E-state index in [2.05, 4.69) is 30.7 Å². The van der Waals surface area contributed by atoms with E-state index in [1.54, 1.807) is 6.20 Å². The topological polar surface area (TPSA) is 52.1 Å². The Kier molecular flexibility index (Phi) is 13.6. The first-order chi connectivity index (χ1) is 13.9. The molecule has 0 radical (unpaired) electrons. The fourth-order valence-electron chi connectivity index (χ4n) is 3.69. The molecule has 4 heteroatoms. The molecule has 1 rings (SSSR count). The first kappa shape index (κ1) is 25.6. The summed E-state index contributed by atoms with van der Waals surface area (Å²) in [6.07, 6.45) is 17.4. The van der Waals surface area contributed by atoms with Crippen LogP contribution < -0.4 is 0 Å². The van der Waals surface area contributed by atoms with Gasteiger partial charge in [0.2, 0.25) is 0 Å². The van der Waals surface area contributed by atoms with Crippen molar-refractivity contribution in [3.8, 4) is 0 Å². The van der Waals surface area contributed by atoms with Crippen LogP contribution >= 0.6 is 0 Å². The number of carbonyl (C=O) groups excluding carboxylic acids is 1. The van der Waals surface area contributed by atoms with Crippen molar-refractivity contribution in [1.82, 2.24) is 9.97 Å². The van der Waals surface area contributed by atoms with Gasteiger partial charge in [-0.2, -0.15) is 0 Å². The van der Waals surface area contributed by atoms with E-state index >= 15 is 0 Å². The van der Waals surface area contributed by atoms with Gasteiger partial charge in [0.15, 0.2) is 0 Å². The Hall–Kier alpha value is -1.45. The Bertz CT molecular complexity index is 572. The van der Waals surface area contributed by atoms with Gasteiger partial charge in [0.05, 0.1) is 11.3 Å². The lowest BCUT2D eigenvalue weighted by atomic mass is 10.0. The van der Waals surface area contributed by atoms with Gasteiger partial charge in [0.25, 0.3) is 0 Å². The van der Waals surface area contributed by atoms with E-state index in [0.717, 1.165) is 31.6 Å². The van der Waals surface area contributed by atoms with Crippen LogP contribution in [0.5, 0.6) is 0 Å². The van der Waals surface area contributed by atoms with Crippen LogP contribution in [0.3, 0.4) is 0 Å². The van der Waals surface area contributed by atoms with E-state index in [9.17, 15) is 4.79 Å². The normalized spacial score (nSPS) is 12.3. The Morgan fingerprint density at radius 1 is 0.897 bits per heavy atom. The second-order valence-corrected chi connectivity index (χ2v) is 8.89. The van der Waals surface area contributed by atoms with Crippen molar-refractivity contribution in [3.63, 3.8) is 0 Å². The Morgan fingerprint density at radius 2 is 1.45 bits per heavy atom. The summed E-state index contributed by atoms with van der Waals surface area (Å²) >= 11 is 0. The number of rotatable bonds is 16. The molecule has 0 aliphatic heterocycles. The maximum atomic E-state index is 12.7. The third-order valence-corrected chi connectivity index (χ3v) is 5.53. The first-order valence-corrected chi connectivity index (χ1v) is 11.9. The largest absolute Gasteiger partial charge is 0.459 e. The summed E-state index contributed by atoms with van der Waals surface area (Å²) in [6.45, 7) is 10.5. The van der Waals surface area contributed by atoms with Crippen LogP contribution in [-0.2, 0) is 4.74 Å². The predicted octanol–water partition coefficient (Wildman–Crippen LogP) is 7.37. The lowest BCUT2D eigenvalue weighted by Crippen LogP contribution is -2.20. The average Bonchev–Trinajstić information content (AvgIpc) is 2.66. The first-order valence-electron chi connectivity index (χ1n) is 11.9. The molecule has 0 saturated heterocycles. The number of hydrogen-bond acceptors (Lipinski definition) is 4. The summed E-state index contributed by atoms with van der Waals surface area (Å²) < 4.78 is 5.91. The maximum Gasteiger partial charge on any atom is 0.341 e. The lowest BCUT2D eigenvalue weighted by Gasteiger charge is -2.19. The SMILES string of the molecule is CCCCCCCCCC(CCCCCC(C)C)OC(=O)c1cnc(C)nc1C. The number of esters is 1. The molecule has 1 heterocycles. The highest BCUT2D eigenvalue weighted by atomic mass is 16.5. The number of ether oxygens (including phenoxy) is 1. The van der Waals surface area contributed by atoms with Gasteiger partial charge < -0.3 is 4.74 Å². The summed E-state index contributed by atoms with van der Waals surface area (Å²) in [5.74, 6) is 1.18. The van der Waals surface area contributed by atoms with Crippen molar-refractivity contribution in [1.29, 1.82) is 0 Å². The number of hydrogen-bond donors (Lipinski definition) is 0. The molecule has 1 atom stereocenters. The van der Waals surface area contributed by atoms with Crippen molar-refractivity contribution in [2.45, 2.75) is 124 Å². The predicted molar refractivity (Wildman–Crippen MR) is 121 cm³/mol. The Balaban J connectivity index is 2.48. The van der Waals surface area contributed by atoms with E-state index in [4.69, 9.17) is 4.74 Å². The van der Waals surface area contributed by atoms with E-state index in [1.807, 2.05) is 13.8 Å². The molecule has 166 valence electrons. The zero-order valence-electron chi connectivity index (χ0n) is 19.6. The molecule has 29 heavy (non-hydrogen) atoms. The zero-order chi connectivity index (χ0) is 21.5. The van der Waals surface area contributed by atoms with Crippen molar-refractivity contribution >= 4 is 5.97 Å². The van der Waals surface area contributed by atoms with Crippen molar-refractivity contribution < 1.29 is 9.53 Å². The lowest BCUT2D eigenvalue weighted by molar-refractivity contribution is 0.0247. The molecule has 0 spiro atoms. The monoisotopic (exact) mass is 404 g/mol. The van der Waals surface area contributed by atoms with E-state index < -0.39 is 0 Å². The van der Waals surface area contributed by atoms with Crippen LogP contribution in [0, 0.1) is 19.8 Å². The Labute approximate surface area is 179 Å². The number of nitrogens with zero attached hydrogens (tertiary/aromatic N) is 2. The van der Waals surface area contributed by atoms with Crippen LogP contribution in [0.2, 0.25) is 0 Å². The summed E-state index contributed by atoms with van der Waals surface area (Å²) in [4.78, 5) is 21.1. The quantitative estimate of drug-likeness (QED) is 0.213. The van der Waals surface area contributed by atoms with Gasteiger partial charge in [0.1, 0.15) is 11.9 Å². The summed E-state index contributed by atoms with van der Waals surface area (Å²) in [5.41, 5.74) is 1.20. The van der Waals surface area contributed by atoms with Crippen LogP contribution in [0.1, 0.15) is 126 Å². The van der Waals surface area contributed by atoms with Gasteiger partial charge in [-0.15, -0.1) is 0 Å². The van der Waals surface area contributed by atoms with Gasteiger partial charge in [-0.1, -0.05) is 78.6 Å². The van der Waals surface area contributed by atoms with Gasteiger partial charge in [-0.25, -0.2) is 14.8 Å². The molecular weight excluding hydrogens is 360 g/mol. The minimum Gasteiger partial charge on any atom is -0.459 e. The molecule has 1 aromatic rings. The Morgan fingerprint density at radius 3 is 2.03 bits per heavy atom. The number of aromatic nitrogens is 2. The third-order valence-electron chi connectivity index (χ3n) is 5.53. The summed E-state index contributed by atoms with van der Waals surface area (Å²) in [5, 5.41) is 0. The molecule has 0 bridgehead atoms. The highest BCUT2D eigenvalue weighted by molar-refractivity contribution is 5.90. The van der Waals surface area contributed by atoms with Crippen LogP contribution in [0.15, 0.2) is 6.20 Å². The molecule has 0 amide bonds. The molecule has 0 aliphatic carbocycles. The third kappa shape index (κ3) is 12.0. The highest BCUT2D eigenvalue weighted by Crippen LogP contribution is 2.19. The molecule has 1 aromatic heterocycles. The standard InChI is InChI=1S/C25H44N2O2/c1-6-7-8-9-10-11-14-17-23(18-15-12-13-16-20(2)3)29-25(28)24-19-26-22(5)27-21(24)4/h19-20,23H,6-18H2,1-5H3. The summed E-state index contributed by atoms with van der Waals surface area (Å²) in [7, 11) is 0. The molecule has 0 N–H and O–H groups in total. The van der Waals surface area contributed by atoms with Gasteiger partial charge in [-0.05, 0) is 45.4 Å². The molecule has 4 nitrogen and oxygen atoms in total. The number of carbonyl (C=O) groups is 1. The van der Waals surface area contributed by atoms with Gasteiger partial charge in [-0.3, -0.25) is 0 Å². The fraction of sp³-hybridized carbons (Fsp3) is 0.800. The zero-order valence-corrected chi connectivity index (χ0v) is 19.6. The van der Waals surface area contributed by atoms with Crippen LogP contribution in [-0.4, -0.2) is 22.0 Å². The molecule has 0 fully saturated rings. The molecular formula is C25H44N2O2. The number of aryl methyl sites for hydroxylation is 2. The minimum atomic E-state index is -0.266. The average molecular weight is 405 g/mol. The van der Waals surface area contributed by atoms with Gasteiger partial charge >= 0.3 is 5.97 Å². The molecule has 0 aromatic carbocycles.